The molecule has 0 aliphatic carbocycles. The van der Waals surface area contributed by atoms with Crippen molar-refractivity contribution in [3.05, 3.63) is 175 Å². The van der Waals surface area contributed by atoms with Crippen molar-refractivity contribution in [3.8, 4) is 17.1 Å². The Morgan fingerprint density at radius 1 is 0.393 bits per heavy atom. The number of fused-ring (bicyclic) bond motifs is 13. The Balaban J connectivity index is 1.13. The molecule has 0 saturated carbocycles. The average Bonchev–Trinajstić information content (AvgIpc) is 3.98. The molecule has 4 heterocycles. The number of rotatable bonds is 6. The van der Waals surface area contributed by atoms with E-state index in [-0.39, 0.29) is 0 Å². The Labute approximate surface area is 323 Å². The largest absolute Gasteiger partial charge is 0.456 e. The first-order valence-corrected chi connectivity index (χ1v) is 19.7. The summed E-state index contributed by atoms with van der Waals surface area (Å²) in [5, 5.41) is 9.78. The van der Waals surface area contributed by atoms with Crippen molar-refractivity contribution in [1.82, 2.24) is 13.7 Å². The molecule has 4 aromatic heterocycles. The second-order valence-corrected chi connectivity index (χ2v) is 15.2. The van der Waals surface area contributed by atoms with E-state index in [1.807, 2.05) is 0 Å². The third kappa shape index (κ3) is 4.41. The Bertz CT molecular complexity index is 3520. The third-order valence-corrected chi connectivity index (χ3v) is 12.0. The Hall–Kier alpha value is -7.04. The molecule has 0 aliphatic rings. The lowest BCUT2D eigenvalue weighted by Crippen LogP contribution is -1.96. The van der Waals surface area contributed by atoms with E-state index in [1.54, 1.807) is 0 Å². The van der Waals surface area contributed by atoms with Gasteiger partial charge in [-0.05, 0) is 97.3 Å². The van der Waals surface area contributed by atoms with Crippen LogP contribution in [0.25, 0.3) is 104 Å². The van der Waals surface area contributed by atoms with Gasteiger partial charge in [-0.15, -0.1) is 0 Å². The monoisotopic (exact) mass is 719 g/mol. The van der Waals surface area contributed by atoms with Crippen molar-refractivity contribution in [2.24, 2.45) is 0 Å². The summed E-state index contributed by atoms with van der Waals surface area (Å²) in [5.74, 6) is 0. The molecule has 12 aromatic rings. The molecule has 266 valence electrons. The first-order chi connectivity index (χ1) is 27.7. The summed E-state index contributed by atoms with van der Waals surface area (Å²) < 4.78 is 13.9. The van der Waals surface area contributed by atoms with Crippen molar-refractivity contribution in [2.75, 3.05) is 0 Å². The van der Waals surface area contributed by atoms with Crippen LogP contribution in [0.4, 0.5) is 0 Å². The highest BCUT2D eigenvalue weighted by Crippen LogP contribution is 2.43. The van der Waals surface area contributed by atoms with E-state index in [1.165, 1.54) is 89.2 Å². The number of unbranched alkanes of at least 4 members (excludes halogenated alkanes) is 1. The standard InChI is InChI=1S/C52H37N3O/c1-2-3-13-33-22-29-49-43(30-33)39-25-23-36(32-50(39)56-49)55-45-20-11-7-16-37(45)40-26-28-48-51(52(40)55)41-18-9-12-21-46(41)54(48)35-24-27-47-42(31-35)38-17-8-10-19-44(38)53(47)34-14-5-4-6-15-34/h4-12,14-32H,2-3,13H2,1H3. The van der Waals surface area contributed by atoms with Gasteiger partial charge in [-0.3, -0.25) is 0 Å². The maximum atomic E-state index is 6.57. The van der Waals surface area contributed by atoms with E-state index >= 15 is 0 Å². The Morgan fingerprint density at radius 3 is 1.80 bits per heavy atom. The summed E-state index contributed by atoms with van der Waals surface area (Å²) in [6.45, 7) is 2.25. The molecular weight excluding hydrogens is 683 g/mol. The number of aryl methyl sites for hydroxylation is 1. The molecule has 4 heteroatoms. The van der Waals surface area contributed by atoms with Crippen molar-refractivity contribution >= 4 is 87.4 Å². The van der Waals surface area contributed by atoms with Gasteiger partial charge in [0, 0.05) is 66.2 Å². The lowest BCUT2D eigenvalue weighted by atomic mass is 10.0. The number of benzene rings is 8. The summed E-state index contributed by atoms with van der Waals surface area (Å²) in [6.07, 6.45) is 3.47. The van der Waals surface area contributed by atoms with Gasteiger partial charge in [-0.25, -0.2) is 0 Å². The molecule has 56 heavy (non-hydrogen) atoms. The van der Waals surface area contributed by atoms with Crippen LogP contribution in [-0.4, -0.2) is 13.7 Å². The zero-order valence-electron chi connectivity index (χ0n) is 31.0. The van der Waals surface area contributed by atoms with Crippen molar-refractivity contribution in [1.29, 1.82) is 0 Å². The fraction of sp³-hybridized carbons (Fsp3) is 0.0769. The van der Waals surface area contributed by atoms with E-state index in [0.29, 0.717) is 0 Å². The lowest BCUT2D eigenvalue weighted by molar-refractivity contribution is 0.668. The van der Waals surface area contributed by atoms with Gasteiger partial charge in [0.05, 0.1) is 33.1 Å². The van der Waals surface area contributed by atoms with Crippen LogP contribution in [0.5, 0.6) is 0 Å². The van der Waals surface area contributed by atoms with Gasteiger partial charge in [0.2, 0.25) is 0 Å². The van der Waals surface area contributed by atoms with Crippen LogP contribution in [0.1, 0.15) is 25.3 Å². The molecule has 0 spiro atoms. The lowest BCUT2D eigenvalue weighted by Gasteiger charge is -2.11. The Morgan fingerprint density at radius 2 is 1.00 bits per heavy atom. The summed E-state index contributed by atoms with van der Waals surface area (Å²) in [5.41, 5.74) is 13.8. The summed E-state index contributed by atoms with van der Waals surface area (Å²) in [7, 11) is 0. The fourth-order valence-corrected chi connectivity index (χ4v) is 9.50. The molecule has 0 fully saturated rings. The molecule has 0 bridgehead atoms. The number of para-hydroxylation sites is 4. The smallest absolute Gasteiger partial charge is 0.137 e. The van der Waals surface area contributed by atoms with Crippen molar-refractivity contribution in [3.63, 3.8) is 0 Å². The van der Waals surface area contributed by atoms with E-state index in [9.17, 15) is 0 Å². The van der Waals surface area contributed by atoms with E-state index in [4.69, 9.17) is 4.42 Å². The molecule has 0 N–H and O–H groups in total. The SMILES string of the molecule is CCCCc1ccc2oc3cc(-n4c5ccccc5c5ccc6c(c7ccccc7n6-c6ccc7c(c6)c6ccccc6n7-c6ccccc6)c54)ccc3c2c1. The van der Waals surface area contributed by atoms with Crippen LogP contribution >= 0.6 is 0 Å². The molecule has 12 rings (SSSR count). The van der Waals surface area contributed by atoms with Gasteiger partial charge in [0.1, 0.15) is 11.2 Å². The minimum atomic E-state index is 0.911. The van der Waals surface area contributed by atoms with Crippen LogP contribution in [-0.2, 0) is 6.42 Å². The van der Waals surface area contributed by atoms with Crippen LogP contribution in [0.2, 0.25) is 0 Å². The number of nitrogens with zero attached hydrogens (tertiary/aromatic N) is 3. The minimum absolute atomic E-state index is 0.911. The highest BCUT2D eigenvalue weighted by atomic mass is 16.3. The molecule has 4 nitrogen and oxygen atoms in total. The number of hydrogen-bond acceptors (Lipinski definition) is 1. The van der Waals surface area contributed by atoms with E-state index in [2.05, 4.69) is 190 Å². The highest BCUT2D eigenvalue weighted by Gasteiger charge is 2.22. The summed E-state index contributed by atoms with van der Waals surface area (Å²) in [4.78, 5) is 0. The van der Waals surface area contributed by atoms with Crippen LogP contribution in [0.15, 0.2) is 174 Å². The van der Waals surface area contributed by atoms with Crippen LogP contribution in [0.3, 0.4) is 0 Å². The normalized spacial score (nSPS) is 12.2. The van der Waals surface area contributed by atoms with Gasteiger partial charge >= 0.3 is 0 Å². The molecule has 8 aromatic carbocycles. The zero-order chi connectivity index (χ0) is 36.9. The quantitative estimate of drug-likeness (QED) is 0.168. The molecule has 0 aliphatic heterocycles. The van der Waals surface area contributed by atoms with Gasteiger partial charge in [-0.1, -0.05) is 98.3 Å². The third-order valence-electron chi connectivity index (χ3n) is 12.0. The number of furan rings is 1. The molecule has 0 unspecified atom stereocenters. The molecule has 0 saturated heterocycles. The van der Waals surface area contributed by atoms with Crippen LogP contribution in [0, 0.1) is 0 Å². The van der Waals surface area contributed by atoms with Gasteiger partial charge < -0.3 is 18.1 Å². The van der Waals surface area contributed by atoms with E-state index in [0.717, 1.165) is 40.0 Å². The van der Waals surface area contributed by atoms with Gasteiger partial charge in [-0.2, -0.15) is 0 Å². The predicted octanol–water partition coefficient (Wildman–Crippen LogP) is 14.2. The molecule has 0 amide bonds. The number of aromatic nitrogens is 3. The minimum Gasteiger partial charge on any atom is -0.456 e. The van der Waals surface area contributed by atoms with Crippen molar-refractivity contribution < 1.29 is 4.42 Å². The molecule has 0 atom stereocenters. The first-order valence-electron chi connectivity index (χ1n) is 19.7. The average molecular weight is 720 g/mol. The summed E-state index contributed by atoms with van der Waals surface area (Å²) in [6, 6.07) is 62.2. The van der Waals surface area contributed by atoms with Gasteiger partial charge in [0.25, 0.3) is 0 Å². The second kappa shape index (κ2) is 12.0. The fourth-order valence-electron chi connectivity index (χ4n) is 9.50. The first kappa shape index (κ1) is 31.3. The number of hydrogen-bond donors (Lipinski definition) is 0. The van der Waals surface area contributed by atoms with Gasteiger partial charge in [0.15, 0.2) is 0 Å². The van der Waals surface area contributed by atoms with Crippen molar-refractivity contribution in [2.45, 2.75) is 26.2 Å². The predicted molar refractivity (Wildman–Crippen MR) is 235 cm³/mol. The Kier molecular flexibility index (Phi) is 6.70. The topological polar surface area (TPSA) is 27.9 Å². The zero-order valence-corrected chi connectivity index (χ0v) is 31.0. The van der Waals surface area contributed by atoms with E-state index < -0.39 is 0 Å². The maximum absolute atomic E-state index is 6.57. The highest BCUT2D eigenvalue weighted by molar-refractivity contribution is 6.26. The second-order valence-electron chi connectivity index (χ2n) is 15.2. The maximum Gasteiger partial charge on any atom is 0.137 e. The molecular formula is C52H37N3O. The molecule has 0 radical (unpaired) electrons. The summed E-state index contributed by atoms with van der Waals surface area (Å²) >= 11 is 0. The van der Waals surface area contributed by atoms with Crippen LogP contribution < -0.4 is 0 Å².